The van der Waals surface area contributed by atoms with Crippen LogP contribution in [0.5, 0.6) is 0 Å². The molecule has 2 aromatic heterocycles. The number of nitro groups is 1. The first-order chi connectivity index (χ1) is 13.1. The van der Waals surface area contributed by atoms with Crippen LogP contribution < -0.4 is 10.9 Å². The van der Waals surface area contributed by atoms with E-state index in [0.717, 1.165) is 39.0 Å². The predicted octanol–water partition coefficient (Wildman–Crippen LogP) is 3.92. The molecule has 5 rings (SSSR count). The van der Waals surface area contributed by atoms with Crippen LogP contribution in [-0.2, 0) is 0 Å². The molecule has 1 atom stereocenters. The number of aromatic nitrogens is 2. The van der Waals surface area contributed by atoms with Crippen LogP contribution in [0, 0.1) is 10.1 Å². The number of fused-ring (bicyclic) bond motifs is 2. The maximum atomic E-state index is 11.0. The molecular weight excluding hydrogens is 342 g/mol. The van der Waals surface area contributed by atoms with Gasteiger partial charge < -0.3 is 4.98 Å². The number of nitrogens with one attached hydrogen (secondary N) is 1. The lowest BCUT2D eigenvalue weighted by molar-refractivity contribution is -0.384. The first kappa shape index (κ1) is 15.5. The Bertz CT molecular complexity index is 1180. The molecule has 3 heterocycles. The minimum atomic E-state index is -0.403. The lowest BCUT2D eigenvalue weighted by Gasteiger charge is -2.29. The van der Waals surface area contributed by atoms with E-state index in [9.17, 15) is 10.1 Å². The molecule has 1 aliphatic heterocycles. The number of rotatable bonds is 2. The Balaban J connectivity index is 1.80. The van der Waals surface area contributed by atoms with E-state index in [1.807, 2.05) is 36.5 Å². The molecule has 7 nitrogen and oxygen atoms in total. The summed E-state index contributed by atoms with van der Waals surface area (Å²) in [4.78, 5) is 18.3. The van der Waals surface area contributed by atoms with E-state index >= 15 is 0 Å². The van der Waals surface area contributed by atoms with Crippen LogP contribution in [0.3, 0.4) is 0 Å². The van der Waals surface area contributed by atoms with Gasteiger partial charge in [0.2, 0.25) is 0 Å². The van der Waals surface area contributed by atoms with Crippen molar-refractivity contribution in [3.63, 3.8) is 0 Å². The number of hydrazine groups is 1. The zero-order valence-corrected chi connectivity index (χ0v) is 14.2. The van der Waals surface area contributed by atoms with E-state index in [0.29, 0.717) is 0 Å². The number of hydrogen-bond donors (Lipinski definition) is 2. The quantitative estimate of drug-likeness (QED) is 0.322. The molecule has 0 aliphatic carbocycles. The summed E-state index contributed by atoms with van der Waals surface area (Å²) < 4.78 is 0. The summed E-state index contributed by atoms with van der Waals surface area (Å²) in [5, 5.41) is 13.7. The highest BCUT2D eigenvalue weighted by molar-refractivity contribution is 6.01. The zero-order valence-electron chi connectivity index (χ0n) is 14.2. The second-order valence-corrected chi connectivity index (χ2v) is 6.50. The van der Waals surface area contributed by atoms with Crippen molar-refractivity contribution < 1.29 is 4.92 Å². The highest BCUT2D eigenvalue weighted by atomic mass is 16.6. The van der Waals surface area contributed by atoms with Crippen LogP contribution in [0.4, 0.5) is 11.4 Å². The number of anilines is 1. The molecular formula is C20H15N5O2. The van der Waals surface area contributed by atoms with Crippen LogP contribution in [-0.4, -0.2) is 14.9 Å². The van der Waals surface area contributed by atoms with Crippen LogP contribution in [0.2, 0.25) is 0 Å². The molecule has 0 bridgehead atoms. The first-order valence-electron chi connectivity index (χ1n) is 8.49. The monoisotopic (exact) mass is 357 g/mol. The van der Waals surface area contributed by atoms with Gasteiger partial charge in [-0.2, -0.15) is 0 Å². The van der Waals surface area contributed by atoms with Crippen molar-refractivity contribution in [1.29, 1.82) is 0 Å². The summed E-state index contributed by atoms with van der Waals surface area (Å²) in [5.41, 5.74) is 5.68. The summed E-state index contributed by atoms with van der Waals surface area (Å²) in [5.74, 6) is 6.60. The standard InChI is InChI=1S/C20H15N5O2/c21-24-17-4-2-1-3-14(17)15-9-10-22-20-18(15)16(11-23-20)19(24)12-5-7-13(8-6-12)25(26)27/h1-11,19H,21H2,(H,22,23). The average molecular weight is 357 g/mol. The minimum absolute atomic E-state index is 0.0534. The molecule has 3 N–H and O–H groups in total. The molecule has 0 saturated carbocycles. The number of hydrogen-bond acceptors (Lipinski definition) is 5. The van der Waals surface area contributed by atoms with Crippen molar-refractivity contribution in [1.82, 2.24) is 9.97 Å². The maximum absolute atomic E-state index is 11.0. The summed E-state index contributed by atoms with van der Waals surface area (Å²) in [6, 6.07) is 16.2. The number of aromatic amines is 1. The molecule has 0 spiro atoms. The lowest BCUT2D eigenvalue weighted by atomic mass is 9.96. The number of para-hydroxylation sites is 1. The molecule has 2 aromatic carbocycles. The lowest BCUT2D eigenvalue weighted by Crippen LogP contribution is -2.35. The average Bonchev–Trinajstić information content (AvgIpc) is 3.08. The van der Waals surface area contributed by atoms with Crippen molar-refractivity contribution in [2.24, 2.45) is 5.84 Å². The van der Waals surface area contributed by atoms with Crippen LogP contribution in [0.15, 0.2) is 67.0 Å². The maximum Gasteiger partial charge on any atom is 0.269 e. The fourth-order valence-corrected chi connectivity index (χ4v) is 3.86. The third-order valence-corrected chi connectivity index (χ3v) is 5.07. The van der Waals surface area contributed by atoms with Gasteiger partial charge in [-0.15, -0.1) is 0 Å². The molecule has 27 heavy (non-hydrogen) atoms. The Morgan fingerprint density at radius 2 is 1.85 bits per heavy atom. The zero-order chi connectivity index (χ0) is 18.5. The SMILES string of the molecule is NN1c2ccccc2-c2ccnc3[nH]cc(c23)C1c1ccc([N+](=O)[O-])cc1. The minimum Gasteiger partial charge on any atom is -0.346 e. The molecule has 132 valence electrons. The van der Waals surface area contributed by atoms with Gasteiger partial charge in [0.05, 0.1) is 16.7 Å². The molecule has 4 aromatic rings. The third-order valence-electron chi connectivity index (χ3n) is 5.07. The van der Waals surface area contributed by atoms with Gasteiger partial charge in [0, 0.05) is 41.0 Å². The van der Waals surface area contributed by atoms with E-state index in [1.54, 1.807) is 23.3 Å². The fourth-order valence-electron chi connectivity index (χ4n) is 3.86. The van der Waals surface area contributed by atoms with Gasteiger partial charge in [-0.05, 0) is 35.4 Å². The summed E-state index contributed by atoms with van der Waals surface area (Å²) in [6.45, 7) is 0. The third kappa shape index (κ3) is 2.22. The summed E-state index contributed by atoms with van der Waals surface area (Å²) >= 11 is 0. The Morgan fingerprint density at radius 1 is 1.07 bits per heavy atom. The van der Waals surface area contributed by atoms with Gasteiger partial charge in [0.1, 0.15) is 5.65 Å². The molecule has 1 unspecified atom stereocenters. The van der Waals surface area contributed by atoms with Gasteiger partial charge in [0.25, 0.3) is 5.69 Å². The number of nitro benzene ring substituents is 1. The van der Waals surface area contributed by atoms with Crippen LogP contribution in [0.1, 0.15) is 17.2 Å². The first-order valence-corrected chi connectivity index (χ1v) is 8.49. The molecule has 0 amide bonds. The topological polar surface area (TPSA) is 101 Å². The predicted molar refractivity (Wildman–Crippen MR) is 103 cm³/mol. The molecule has 0 fully saturated rings. The normalized spacial score (nSPS) is 15.4. The van der Waals surface area contributed by atoms with Gasteiger partial charge in [0.15, 0.2) is 0 Å². The van der Waals surface area contributed by atoms with Gasteiger partial charge >= 0.3 is 0 Å². The van der Waals surface area contributed by atoms with E-state index < -0.39 is 4.92 Å². The van der Waals surface area contributed by atoms with Gasteiger partial charge in [-0.3, -0.25) is 15.1 Å². The van der Waals surface area contributed by atoms with Crippen molar-refractivity contribution in [2.45, 2.75) is 6.04 Å². The largest absolute Gasteiger partial charge is 0.346 e. The molecule has 1 aliphatic rings. The smallest absolute Gasteiger partial charge is 0.269 e. The Kier molecular flexibility index (Phi) is 3.25. The number of benzene rings is 2. The van der Waals surface area contributed by atoms with E-state index in [2.05, 4.69) is 9.97 Å². The van der Waals surface area contributed by atoms with Gasteiger partial charge in [-0.25, -0.2) is 10.8 Å². The van der Waals surface area contributed by atoms with Crippen LogP contribution in [0.25, 0.3) is 22.2 Å². The Morgan fingerprint density at radius 3 is 2.63 bits per heavy atom. The second kappa shape index (κ2) is 5.65. The second-order valence-electron chi connectivity index (χ2n) is 6.50. The van der Waals surface area contributed by atoms with Crippen molar-refractivity contribution in [3.05, 3.63) is 88.2 Å². The highest BCUT2D eigenvalue weighted by Crippen LogP contribution is 2.45. The number of non-ortho nitro benzene ring substituents is 1. The van der Waals surface area contributed by atoms with Crippen molar-refractivity contribution in [2.75, 3.05) is 5.01 Å². The van der Waals surface area contributed by atoms with E-state index in [1.165, 1.54) is 12.1 Å². The van der Waals surface area contributed by atoms with E-state index in [4.69, 9.17) is 5.84 Å². The Labute approximate surface area is 154 Å². The number of pyridine rings is 1. The van der Waals surface area contributed by atoms with Crippen molar-refractivity contribution in [3.8, 4) is 11.1 Å². The number of H-pyrrole nitrogens is 1. The van der Waals surface area contributed by atoms with Crippen LogP contribution >= 0.6 is 0 Å². The summed E-state index contributed by atoms with van der Waals surface area (Å²) in [7, 11) is 0. The van der Waals surface area contributed by atoms with Crippen molar-refractivity contribution >= 4 is 22.4 Å². The number of nitrogens with zero attached hydrogens (tertiary/aromatic N) is 3. The Hall–Kier alpha value is -3.71. The molecule has 0 radical (unpaired) electrons. The molecule has 7 heteroatoms. The molecule has 0 saturated heterocycles. The highest BCUT2D eigenvalue weighted by Gasteiger charge is 2.30. The fraction of sp³-hybridized carbons (Fsp3) is 0.0500. The van der Waals surface area contributed by atoms with Gasteiger partial charge in [-0.1, -0.05) is 18.2 Å². The number of nitrogens with two attached hydrogens (primary N) is 1. The summed E-state index contributed by atoms with van der Waals surface area (Å²) in [6.07, 6.45) is 3.70. The van der Waals surface area contributed by atoms with E-state index in [-0.39, 0.29) is 11.7 Å².